The van der Waals surface area contributed by atoms with Gasteiger partial charge in [0.1, 0.15) is 6.04 Å². The normalized spacial score (nSPS) is 14.3. The summed E-state index contributed by atoms with van der Waals surface area (Å²) in [6.07, 6.45) is 5.81. The molecule has 0 aliphatic heterocycles. The number of aryl methyl sites for hydroxylation is 1. The molecule has 0 heterocycles. The molecule has 0 spiro atoms. The summed E-state index contributed by atoms with van der Waals surface area (Å²) >= 11 is 12.5. The van der Waals surface area contributed by atoms with Gasteiger partial charge in [-0.3, -0.25) is 13.9 Å². The molecule has 43 heavy (non-hydrogen) atoms. The highest BCUT2D eigenvalue weighted by atomic mass is 35.5. The predicted octanol–water partition coefficient (Wildman–Crippen LogP) is 6.55. The van der Waals surface area contributed by atoms with Crippen LogP contribution in [0.15, 0.2) is 72.8 Å². The number of hydrogen-bond acceptors (Lipinski definition) is 4. The number of rotatable bonds is 13. The molecule has 10 heteroatoms. The Bertz CT molecular complexity index is 1510. The molecule has 4 rings (SSSR count). The van der Waals surface area contributed by atoms with Crippen molar-refractivity contribution in [2.75, 3.05) is 17.1 Å². The topological polar surface area (TPSA) is 86.8 Å². The molecule has 1 aliphatic rings. The first-order valence-electron chi connectivity index (χ1n) is 14.6. The zero-order valence-electron chi connectivity index (χ0n) is 24.6. The molecule has 1 aliphatic carbocycles. The molecular formula is C33H39Cl2N3O4S. The van der Waals surface area contributed by atoms with Crippen molar-refractivity contribution in [3.63, 3.8) is 0 Å². The van der Waals surface area contributed by atoms with Gasteiger partial charge in [-0.25, -0.2) is 8.42 Å². The fourth-order valence-electron chi connectivity index (χ4n) is 5.54. The summed E-state index contributed by atoms with van der Waals surface area (Å²) in [7, 11) is -3.58. The molecule has 7 nitrogen and oxygen atoms in total. The van der Waals surface area contributed by atoms with E-state index in [4.69, 9.17) is 23.2 Å². The van der Waals surface area contributed by atoms with Crippen molar-refractivity contribution < 1.29 is 18.0 Å². The quantitative estimate of drug-likeness (QED) is 0.229. The number of nitrogens with one attached hydrogen (secondary N) is 1. The van der Waals surface area contributed by atoms with E-state index in [1.165, 1.54) is 4.31 Å². The fourth-order valence-corrected chi connectivity index (χ4v) is 6.82. The molecule has 1 saturated carbocycles. The molecule has 2 amide bonds. The van der Waals surface area contributed by atoms with Crippen molar-refractivity contribution in [2.24, 2.45) is 0 Å². The molecule has 0 saturated heterocycles. The molecule has 0 radical (unpaired) electrons. The maximum absolute atomic E-state index is 14.0. The van der Waals surface area contributed by atoms with Gasteiger partial charge in [0.15, 0.2) is 0 Å². The summed E-state index contributed by atoms with van der Waals surface area (Å²) in [5.74, 6) is -0.437. The monoisotopic (exact) mass is 643 g/mol. The predicted molar refractivity (Wildman–Crippen MR) is 174 cm³/mol. The molecule has 1 fully saturated rings. The minimum Gasteiger partial charge on any atom is -0.352 e. The van der Waals surface area contributed by atoms with Crippen molar-refractivity contribution in [1.29, 1.82) is 0 Å². The van der Waals surface area contributed by atoms with Crippen LogP contribution in [0.25, 0.3) is 0 Å². The second-order valence-corrected chi connectivity index (χ2v) is 14.0. The van der Waals surface area contributed by atoms with Gasteiger partial charge in [0, 0.05) is 32.0 Å². The SMILES string of the molecule is Cc1cccc(N(CCCC(=O)N(Cc2ccc(Cl)c(Cl)c2)C(Cc2ccccc2)C(=O)NC2CCCC2)S(C)(=O)=O)c1. The fraction of sp³-hybridized carbons (Fsp3) is 0.394. The smallest absolute Gasteiger partial charge is 0.243 e. The van der Waals surface area contributed by atoms with Crippen molar-refractivity contribution in [3.05, 3.63) is 99.5 Å². The van der Waals surface area contributed by atoms with Crippen LogP contribution < -0.4 is 9.62 Å². The van der Waals surface area contributed by atoms with Crippen LogP contribution in [-0.2, 0) is 32.6 Å². The summed E-state index contributed by atoms with van der Waals surface area (Å²) < 4.78 is 26.7. The van der Waals surface area contributed by atoms with Crippen molar-refractivity contribution >= 4 is 50.7 Å². The van der Waals surface area contributed by atoms with E-state index in [-0.39, 0.29) is 43.8 Å². The Morgan fingerprint density at radius 3 is 2.30 bits per heavy atom. The summed E-state index contributed by atoms with van der Waals surface area (Å²) in [4.78, 5) is 29.5. The van der Waals surface area contributed by atoms with Gasteiger partial charge in [0.25, 0.3) is 0 Å². The second kappa shape index (κ2) is 15.1. The van der Waals surface area contributed by atoms with Gasteiger partial charge < -0.3 is 10.2 Å². The van der Waals surface area contributed by atoms with Gasteiger partial charge in [-0.05, 0) is 67.1 Å². The van der Waals surface area contributed by atoms with Gasteiger partial charge in [-0.1, -0.05) is 84.6 Å². The van der Waals surface area contributed by atoms with Gasteiger partial charge in [-0.15, -0.1) is 0 Å². The van der Waals surface area contributed by atoms with Crippen molar-refractivity contribution in [2.45, 2.75) is 70.5 Å². The molecule has 1 atom stereocenters. The Kier molecular flexibility index (Phi) is 11.5. The number of carbonyl (C=O) groups is 2. The van der Waals surface area contributed by atoms with Gasteiger partial charge in [0.05, 0.1) is 22.0 Å². The van der Waals surface area contributed by atoms with E-state index in [0.29, 0.717) is 22.2 Å². The van der Waals surface area contributed by atoms with Crippen LogP contribution in [0.5, 0.6) is 0 Å². The molecule has 1 unspecified atom stereocenters. The van der Waals surface area contributed by atoms with Crippen LogP contribution in [0.3, 0.4) is 0 Å². The van der Waals surface area contributed by atoms with Crippen molar-refractivity contribution in [3.8, 4) is 0 Å². The van der Waals surface area contributed by atoms with Crippen LogP contribution in [0.4, 0.5) is 5.69 Å². The highest BCUT2D eigenvalue weighted by Crippen LogP contribution is 2.26. The van der Waals surface area contributed by atoms with Crippen LogP contribution in [0, 0.1) is 6.92 Å². The summed E-state index contributed by atoms with van der Waals surface area (Å²) in [5, 5.41) is 3.96. The second-order valence-electron chi connectivity index (χ2n) is 11.2. The number of nitrogens with zero attached hydrogens (tertiary/aromatic N) is 2. The molecule has 0 aromatic heterocycles. The molecular weight excluding hydrogens is 605 g/mol. The maximum Gasteiger partial charge on any atom is 0.243 e. The van der Waals surface area contributed by atoms with Gasteiger partial charge in [0.2, 0.25) is 21.8 Å². The van der Waals surface area contributed by atoms with Gasteiger partial charge >= 0.3 is 0 Å². The minimum absolute atomic E-state index is 0.0567. The number of benzene rings is 3. The Morgan fingerprint density at radius 2 is 1.65 bits per heavy atom. The first-order valence-corrected chi connectivity index (χ1v) is 17.2. The molecule has 3 aromatic rings. The van der Waals surface area contributed by atoms with Crippen LogP contribution in [-0.4, -0.2) is 50.0 Å². The van der Waals surface area contributed by atoms with Crippen LogP contribution in [0.1, 0.15) is 55.2 Å². The number of halogens is 2. The van der Waals surface area contributed by atoms with Crippen molar-refractivity contribution in [1.82, 2.24) is 10.2 Å². The Hall–Kier alpha value is -3.07. The third kappa shape index (κ3) is 9.46. The van der Waals surface area contributed by atoms with E-state index < -0.39 is 16.1 Å². The van der Waals surface area contributed by atoms with Crippen LogP contribution in [0.2, 0.25) is 10.0 Å². The van der Waals surface area contributed by atoms with Crippen LogP contribution >= 0.6 is 23.2 Å². The molecule has 1 N–H and O–H groups in total. The molecule has 3 aromatic carbocycles. The van der Waals surface area contributed by atoms with E-state index in [2.05, 4.69) is 5.32 Å². The zero-order chi connectivity index (χ0) is 31.0. The number of carbonyl (C=O) groups excluding carboxylic acids is 2. The number of sulfonamides is 1. The highest BCUT2D eigenvalue weighted by Gasteiger charge is 2.32. The Labute approximate surface area is 265 Å². The lowest BCUT2D eigenvalue weighted by molar-refractivity contribution is -0.141. The average Bonchev–Trinajstić information content (AvgIpc) is 3.47. The lowest BCUT2D eigenvalue weighted by atomic mass is 10.0. The summed E-state index contributed by atoms with van der Waals surface area (Å²) in [6, 6.07) is 21.4. The minimum atomic E-state index is -3.58. The molecule has 230 valence electrons. The highest BCUT2D eigenvalue weighted by molar-refractivity contribution is 7.92. The van der Waals surface area contributed by atoms with E-state index in [0.717, 1.165) is 48.6 Å². The average molecular weight is 645 g/mol. The zero-order valence-corrected chi connectivity index (χ0v) is 27.0. The van der Waals surface area contributed by atoms with E-state index in [1.807, 2.05) is 55.5 Å². The van der Waals surface area contributed by atoms with E-state index in [9.17, 15) is 18.0 Å². The Balaban J connectivity index is 1.60. The third-order valence-corrected chi connectivity index (χ3v) is 9.68. The number of amides is 2. The standard InChI is InChI=1S/C33H39Cl2N3O4S/c1-24-10-8-15-28(20-24)38(43(2,41)42)19-9-16-32(39)37(23-26-17-18-29(34)30(35)21-26)31(22-25-11-4-3-5-12-25)33(40)36-27-13-6-7-14-27/h3-5,8,10-12,15,17-18,20-21,27,31H,6-7,9,13-14,16,19,22-23H2,1-2H3,(H,36,40). The maximum atomic E-state index is 14.0. The lowest BCUT2D eigenvalue weighted by Gasteiger charge is -2.33. The third-order valence-electron chi connectivity index (χ3n) is 7.75. The lowest BCUT2D eigenvalue weighted by Crippen LogP contribution is -2.52. The number of hydrogen-bond donors (Lipinski definition) is 1. The summed E-state index contributed by atoms with van der Waals surface area (Å²) in [5.41, 5.74) is 3.17. The first kappa shape index (κ1) is 32.8. The Morgan fingerprint density at radius 1 is 0.930 bits per heavy atom. The van der Waals surface area contributed by atoms with E-state index >= 15 is 0 Å². The van der Waals surface area contributed by atoms with Gasteiger partial charge in [-0.2, -0.15) is 0 Å². The summed E-state index contributed by atoms with van der Waals surface area (Å²) in [6.45, 7) is 2.18. The first-order chi connectivity index (χ1) is 20.5. The molecule has 0 bridgehead atoms. The van der Waals surface area contributed by atoms with E-state index in [1.54, 1.807) is 29.2 Å². The number of anilines is 1. The largest absolute Gasteiger partial charge is 0.352 e.